The van der Waals surface area contributed by atoms with Crippen LogP contribution in [0.2, 0.25) is 24.7 Å². The van der Waals surface area contributed by atoms with Crippen molar-refractivity contribution in [3.8, 4) is 6.07 Å². The summed E-state index contributed by atoms with van der Waals surface area (Å²) in [6, 6.07) is 16.4. The van der Waals surface area contributed by atoms with Crippen molar-refractivity contribution in [3.05, 3.63) is 76.7 Å². The van der Waals surface area contributed by atoms with Gasteiger partial charge in [-0.2, -0.15) is 5.26 Å². The third-order valence-corrected chi connectivity index (χ3v) is 9.35. The molecule has 4 aromatic rings. The third-order valence-electron chi connectivity index (χ3n) is 7.90. The molecule has 2 aromatic carbocycles. The fraction of sp³-hybridized carbons (Fsp3) is 0.438. The van der Waals surface area contributed by atoms with Crippen molar-refractivity contribution in [2.75, 3.05) is 29.9 Å². The Labute approximate surface area is 255 Å². The van der Waals surface area contributed by atoms with E-state index in [1.807, 2.05) is 35.0 Å². The highest BCUT2D eigenvalue weighted by atomic mass is 35.5. The number of anilines is 2. The molecule has 0 saturated carbocycles. The highest BCUT2D eigenvalue weighted by Crippen LogP contribution is 2.37. The van der Waals surface area contributed by atoms with E-state index in [2.05, 4.69) is 90.7 Å². The summed E-state index contributed by atoms with van der Waals surface area (Å²) >= 11 is 6.70. The van der Waals surface area contributed by atoms with Crippen LogP contribution in [0, 0.1) is 11.3 Å². The largest absolute Gasteiger partial charge is 0.386 e. The smallest absolute Gasteiger partial charge is 0.109 e. The zero-order chi connectivity index (χ0) is 30.1. The predicted octanol–water partition coefficient (Wildman–Crippen LogP) is 7.28. The Morgan fingerprint density at radius 1 is 1.12 bits per heavy atom. The molecule has 1 aliphatic rings. The topological polar surface area (TPSA) is 94.7 Å². The number of hydrogen-bond donors (Lipinski definition) is 2. The molecule has 0 spiro atoms. The first-order chi connectivity index (χ1) is 19.9. The minimum absolute atomic E-state index is 0.173. The van der Waals surface area contributed by atoms with E-state index in [0.717, 1.165) is 65.6 Å². The van der Waals surface area contributed by atoms with Gasteiger partial charge in [-0.3, -0.25) is 9.88 Å². The van der Waals surface area contributed by atoms with E-state index in [4.69, 9.17) is 16.6 Å². The van der Waals surface area contributed by atoms with Gasteiger partial charge in [0, 0.05) is 41.4 Å². The Kier molecular flexibility index (Phi) is 8.60. The molecule has 2 N–H and O–H groups in total. The lowest BCUT2D eigenvalue weighted by Gasteiger charge is -2.40. The maximum Gasteiger partial charge on any atom is 0.109 e. The summed E-state index contributed by atoms with van der Waals surface area (Å²) in [5.41, 5.74) is 4.88. The summed E-state index contributed by atoms with van der Waals surface area (Å²) in [5, 5.41) is 27.8. The fourth-order valence-corrected chi connectivity index (χ4v) is 6.46. The van der Waals surface area contributed by atoms with Crippen LogP contribution in [0.3, 0.4) is 0 Å². The Morgan fingerprint density at radius 3 is 2.48 bits per heavy atom. The number of aromatic nitrogens is 4. The Hall–Kier alpha value is -3.45. The molecule has 1 fully saturated rings. The first kappa shape index (κ1) is 30.0. The maximum absolute atomic E-state index is 9.87. The molecule has 1 atom stereocenters. The lowest BCUT2D eigenvalue weighted by Crippen LogP contribution is -2.46. The summed E-state index contributed by atoms with van der Waals surface area (Å²) in [6.07, 6.45) is 6.64. The van der Waals surface area contributed by atoms with Gasteiger partial charge in [-0.05, 0) is 51.3 Å². The van der Waals surface area contributed by atoms with Crippen LogP contribution in [0.4, 0.5) is 11.4 Å². The molecule has 5 rings (SSSR count). The van der Waals surface area contributed by atoms with E-state index in [1.165, 1.54) is 0 Å². The molecule has 0 bridgehead atoms. The van der Waals surface area contributed by atoms with Crippen molar-refractivity contribution in [2.24, 2.45) is 0 Å². The van der Waals surface area contributed by atoms with E-state index in [0.29, 0.717) is 16.6 Å². The van der Waals surface area contributed by atoms with Crippen molar-refractivity contribution < 1.29 is 0 Å². The predicted molar refractivity (Wildman–Crippen MR) is 175 cm³/mol. The molecule has 10 heteroatoms. The molecule has 8 nitrogen and oxygen atoms in total. The normalized spacial score (nSPS) is 15.9. The zero-order valence-electron chi connectivity index (χ0n) is 25.4. The second-order valence-electron chi connectivity index (χ2n) is 13.4. The van der Waals surface area contributed by atoms with Crippen molar-refractivity contribution in [1.29, 1.82) is 5.26 Å². The fourth-order valence-electron chi connectivity index (χ4n) is 5.54. The summed E-state index contributed by atoms with van der Waals surface area (Å²) in [7, 11) is -1.44. The van der Waals surface area contributed by atoms with Gasteiger partial charge in [-0.1, -0.05) is 66.8 Å². The quantitative estimate of drug-likeness (QED) is 0.205. The molecule has 0 unspecified atom stereocenters. The van der Waals surface area contributed by atoms with Crippen LogP contribution in [0.5, 0.6) is 0 Å². The van der Waals surface area contributed by atoms with Gasteiger partial charge in [0.1, 0.15) is 11.8 Å². The summed E-state index contributed by atoms with van der Waals surface area (Å²) in [4.78, 5) is 7.26. The van der Waals surface area contributed by atoms with E-state index in [-0.39, 0.29) is 11.6 Å². The molecule has 2 aromatic heterocycles. The van der Waals surface area contributed by atoms with Gasteiger partial charge in [0.2, 0.25) is 0 Å². The molecule has 1 saturated heterocycles. The summed E-state index contributed by atoms with van der Waals surface area (Å²) in [5.74, 6) is 0. The van der Waals surface area contributed by atoms with Crippen LogP contribution in [-0.2, 0) is 0 Å². The Bertz CT molecular complexity index is 1570. The molecule has 0 amide bonds. The van der Waals surface area contributed by atoms with E-state index >= 15 is 0 Å². The van der Waals surface area contributed by atoms with E-state index in [9.17, 15) is 5.26 Å². The number of likely N-dealkylation sites (tertiary alicyclic amines) is 1. The second-order valence-corrected chi connectivity index (χ2v) is 19.3. The lowest BCUT2D eigenvalue weighted by molar-refractivity contribution is 0.0866. The van der Waals surface area contributed by atoms with Crippen LogP contribution >= 0.6 is 11.6 Å². The summed E-state index contributed by atoms with van der Waals surface area (Å²) < 4.78 is 2.04. The number of benzene rings is 2. The maximum atomic E-state index is 9.87. The second kappa shape index (κ2) is 12.0. The van der Waals surface area contributed by atoms with Gasteiger partial charge in [-0.25, -0.2) is 4.68 Å². The number of halogens is 1. The zero-order valence-corrected chi connectivity index (χ0v) is 27.2. The van der Waals surface area contributed by atoms with Gasteiger partial charge < -0.3 is 10.6 Å². The SMILES string of the molecule is CC(C)(C)N1CCC(n2cc([C@@H](Nc3cc(Cl)cc4c(NC[Si](C)(C)C)c(C#N)cnc34)c3ccccc3)nn2)CC1. The van der Waals surface area contributed by atoms with Crippen LogP contribution in [0.1, 0.15) is 62.5 Å². The molecular weight excluding hydrogens is 560 g/mol. The first-order valence-electron chi connectivity index (χ1n) is 14.7. The van der Waals surface area contributed by atoms with E-state index in [1.54, 1.807) is 6.20 Å². The van der Waals surface area contributed by atoms with Crippen molar-refractivity contribution in [2.45, 2.75) is 70.9 Å². The number of hydrogen-bond acceptors (Lipinski definition) is 7. The van der Waals surface area contributed by atoms with Gasteiger partial charge in [0.25, 0.3) is 0 Å². The van der Waals surface area contributed by atoms with Crippen LogP contribution in [-0.4, -0.2) is 57.7 Å². The number of nitrogens with one attached hydrogen (secondary N) is 2. The van der Waals surface area contributed by atoms with Crippen molar-refractivity contribution in [3.63, 3.8) is 0 Å². The average molecular weight is 601 g/mol. The summed E-state index contributed by atoms with van der Waals surface area (Å²) in [6.45, 7) is 15.8. The molecule has 42 heavy (non-hydrogen) atoms. The minimum atomic E-state index is -1.44. The average Bonchev–Trinajstić information content (AvgIpc) is 3.44. The third kappa shape index (κ3) is 6.78. The first-order valence-corrected chi connectivity index (χ1v) is 18.8. The standard InChI is InChI=1S/C32H41ClN8Si/c1-32(2,3)40-14-12-25(13-15-40)41-20-28(38-39-41)30(22-10-8-7-9-11-22)37-27-17-24(33)16-26-29(36-21-42(4,5)6)23(18-34)19-35-31(26)27/h7-11,16-17,19-20,25,30,37H,12-15,21H2,1-6H3,(H,35,36)/t30-/m0/s1. The number of nitrogens with zero attached hydrogens (tertiary/aromatic N) is 6. The highest BCUT2D eigenvalue weighted by molar-refractivity contribution is 6.76. The number of pyridine rings is 1. The Morgan fingerprint density at radius 2 is 1.83 bits per heavy atom. The number of nitriles is 1. The minimum Gasteiger partial charge on any atom is -0.386 e. The molecule has 1 aliphatic heterocycles. The lowest BCUT2D eigenvalue weighted by atomic mass is 9.98. The number of rotatable bonds is 8. The van der Waals surface area contributed by atoms with Gasteiger partial charge >= 0.3 is 0 Å². The Balaban J connectivity index is 1.50. The molecule has 0 radical (unpaired) electrons. The van der Waals surface area contributed by atoms with Crippen molar-refractivity contribution >= 4 is 42.0 Å². The van der Waals surface area contributed by atoms with E-state index < -0.39 is 8.07 Å². The monoisotopic (exact) mass is 600 g/mol. The number of fused-ring (bicyclic) bond motifs is 1. The van der Waals surface area contributed by atoms with Gasteiger partial charge in [0.15, 0.2) is 0 Å². The van der Waals surface area contributed by atoms with Crippen LogP contribution < -0.4 is 10.6 Å². The van der Waals surface area contributed by atoms with Crippen molar-refractivity contribution in [1.82, 2.24) is 24.9 Å². The highest BCUT2D eigenvalue weighted by Gasteiger charge is 2.29. The molecule has 0 aliphatic carbocycles. The molecular formula is C32H41ClN8Si. The van der Waals surface area contributed by atoms with Gasteiger partial charge in [0.05, 0.1) is 48.8 Å². The van der Waals surface area contributed by atoms with Crippen LogP contribution in [0.25, 0.3) is 10.9 Å². The van der Waals surface area contributed by atoms with Crippen LogP contribution in [0.15, 0.2) is 54.9 Å². The molecule has 220 valence electrons. The number of piperidine rings is 1. The van der Waals surface area contributed by atoms with Gasteiger partial charge in [-0.15, -0.1) is 5.10 Å². The molecule has 3 heterocycles.